The van der Waals surface area contributed by atoms with Crippen LogP contribution in [0.3, 0.4) is 0 Å². The summed E-state index contributed by atoms with van der Waals surface area (Å²) < 4.78 is 38.5. The molecule has 2 N–H and O–H groups in total. The van der Waals surface area contributed by atoms with Crippen LogP contribution >= 0.6 is 0 Å². The molecule has 0 bridgehead atoms. The summed E-state index contributed by atoms with van der Waals surface area (Å²) in [5.74, 6) is 0. The number of hydrogen-bond acceptors (Lipinski definition) is 3. The lowest BCUT2D eigenvalue weighted by molar-refractivity contribution is -0.388. The molecule has 0 aliphatic heterocycles. The van der Waals surface area contributed by atoms with Gasteiger partial charge in [0.25, 0.3) is 5.69 Å². The Balaban J connectivity index is 3.17. The van der Waals surface area contributed by atoms with Gasteiger partial charge >= 0.3 is 6.18 Å². The van der Waals surface area contributed by atoms with Gasteiger partial charge in [0.2, 0.25) is 0 Å². The molecule has 1 aromatic carbocycles. The monoisotopic (exact) mass is 290 g/mol. The normalized spacial score (nSPS) is 14.2. The fraction of sp³-hybridized carbons (Fsp3) is 0.538. The van der Waals surface area contributed by atoms with Gasteiger partial charge in [-0.3, -0.25) is 10.1 Å². The maximum atomic E-state index is 12.8. The minimum absolute atomic E-state index is 0.227. The molecule has 0 aromatic heterocycles. The Kier molecular flexibility index (Phi) is 4.43. The van der Waals surface area contributed by atoms with Crippen molar-refractivity contribution in [3.8, 4) is 0 Å². The molecule has 0 saturated carbocycles. The first kappa shape index (κ1) is 16.4. The van der Waals surface area contributed by atoms with E-state index in [0.717, 1.165) is 12.1 Å². The molecular weight excluding hydrogens is 273 g/mol. The molecule has 0 fully saturated rings. The van der Waals surface area contributed by atoms with Crippen molar-refractivity contribution in [2.75, 3.05) is 0 Å². The molecule has 1 atom stereocenters. The minimum Gasteiger partial charge on any atom is -0.327 e. The Hall–Kier alpha value is -1.63. The molecule has 7 heteroatoms. The van der Waals surface area contributed by atoms with Crippen molar-refractivity contribution >= 4 is 5.69 Å². The quantitative estimate of drug-likeness (QED) is 0.684. The highest BCUT2D eigenvalue weighted by atomic mass is 19.4. The lowest BCUT2D eigenvalue weighted by Crippen LogP contribution is -2.36. The highest BCUT2D eigenvalue weighted by Crippen LogP contribution is 2.37. The molecule has 20 heavy (non-hydrogen) atoms. The van der Waals surface area contributed by atoms with Gasteiger partial charge in [0.05, 0.1) is 4.92 Å². The maximum Gasteiger partial charge on any atom is 0.423 e. The molecule has 0 heterocycles. The van der Waals surface area contributed by atoms with Gasteiger partial charge in [-0.25, -0.2) is 0 Å². The summed E-state index contributed by atoms with van der Waals surface area (Å²) in [5.41, 5.74) is 3.82. The molecule has 0 spiro atoms. The molecule has 0 amide bonds. The van der Waals surface area contributed by atoms with Crippen LogP contribution in [0.2, 0.25) is 0 Å². The summed E-state index contributed by atoms with van der Waals surface area (Å²) in [6.45, 7) is 5.65. The number of hydrogen-bond donors (Lipinski definition) is 1. The molecule has 0 saturated heterocycles. The van der Waals surface area contributed by atoms with Crippen LogP contribution in [0.1, 0.15) is 31.9 Å². The second-order valence-electron chi connectivity index (χ2n) is 5.78. The van der Waals surface area contributed by atoms with Crippen LogP contribution in [-0.4, -0.2) is 11.0 Å². The predicted octanol–water partition coefficient (Wildman–Crippen LogP) is 3.53. The van der Waals surface area contributed by atoms with E-state index >= 15 is 0 Å². The number of benzene rings is 1. The molecular formula is C13H17F3N2O2. The Labute approximate surface area is 114 Å². The van der Waals surface area contributed by atoms with E-state index in [9.17, 15) is 23.3 Å². The summed E-state index contributed by atoms with van der Waals surface area (Å²) in [6, 6.07) is 2.67. The lowest BCUT2D eigenvalue weighted by Gasteiger charge is -2.27. The molecule has 1 aromatic rings. The van der Waals surface area contributed by atoms with Crippen LogP contribution in [0.25, 0.3) is 0 Å². The fourth-order valence-corrected chi connectivity index (χ4v) is 1.66. The van der Waals surface area contributed by atoms with Crippen LogP contribution in [0.4, 0.5) is 18.9 Å². The third-order valence-corrected chi connectivity index (χ3v) is 3.13. The van der Waals surface area contributed by atoms with Crippen molar-refractivity contribution in [1.82, 2.24) is 0 Å². The Morgan fingerprint density at radius 3 is 2.25 bits per heavy atom. The van der Waals surface area contributed by atoms with E-state index in [1.807, 2.05) is 20.8 Å². The van der Waals surface area contributed by atoms with E-state index < -0.39 is 22.4 Å². The number of halogens is 3. The Morgan fingerprint density at radius 2 is 1.85 bits per heavy atom. The Morgan fingerprint density at radius 1 is 1.30 bits per heavy atom. The standard InChI is InChI=1S/C13H17F3N2O2/c1-12(2,3)11(17)7-8-4-5-10(18(19)20)9(6-8)13(14,15)16/h4-6,11H,7,17H2,1-3H3. The van der Waals surface area contributed by atoms with Crippen molar-refractivity contribution in [1.29, 1.82) is 0 Å². The first-order valence-electron chi connectivity index (χ1n) is 6.03. The Bertz CT molecular complexity index is 507. The molecule has 0 aliphatic carbocycles. The van der Waals surface area contributed by atoms with Crippen molar-refractivity contribution in [3.05, 3.63) is 39.4 Å². The summed E-state index contributed by atoms with van der Waals surface area (Å²) in [4.78, 5) is 9.61. The largest absolute Gasteiger partial charge is 0.423 e. The average molecular weight is 290 g/mol. The minimum atomic E-state index is -4.76. The second kappa shape index (κ2) is 5.40. The topological polar surface area (TPSA) is 69.2 Å². The molecule has 0 radical (unpaired) electrons. The van der Waals surface area contributed by atoms with Crippen LogP contribution in [0.15, 0.2) is 18.2 Å². The fourth-order valence-electron chi connectivity index (χ4n) is 1.66. The van der Waals surface area contributed by atoms with Gasteiger partial charge in [-0.05, 0) is 23.5 Å². The van der Waals surface area contributed by atoms with Gasteiger partial charge in [-0.15, -0.1) is 0 Å². The van der Waals surface area contributed by atoms with Gasteiger partial charge in [0.15, 0.2) is 0 Å². The summed E-state index contributed by atoms with van der Waals surface area (Å²) >= 11 is 0. The van der Waals surface area contributed by atoms with Gasteiger partial charge < -0.3 is 5.73 Å². The number of nitro benzene ring substituents is 1. The smallest absolute Gasteiger partial charge is 0.327 e. The average Bonchev–Trinajstić information content (AvgIpc) is 2.26. The number of rotatable bonds is 3. The molecule has 1 rings (SSSR count). The van der Waals surface area contributed by atoms with Crippen molar-refractivity contribution in [3.63, 3.8) is 0 Å². The van der Waals surface area contributed by atoms with Gasteiger partial charge in [-0.2, -0.15) is 13.2 Å². The third kappa shape index (κ3) is 3.93. The number of alkyl halides is 3. The number of nitrogens with zero attached hydrogens (tertiary/aromatic N) is 1. The van der Waals surface area contributed by atoms with Crippen LogP contribution in [0.5, 0.6) is 0 Å². The van der Waals surface area contributed by atoms with E-state index in [4.69, 9.17) is 5.73 Å². The highest BCUT2D eigenvalue weighted by molar-refractivity contribution is 5.45. The zero-order valence-corrected chi connectivity index (χ0v) is 11.5. The number of nitro groups is 1. The van der Waals surface area contributed by atoms with Crippen LogP contribution in [0, 0.1) is 15.5 Å². The van der Waals surface area contributed by atoms with Crippen molar-refractivity contribution in [2.24, 2.45) is 11.1 Å². The van der Waals surface area contributed by atoms with E-state index in [1.54, 1.807) is 0 Å². The third-order valence-electron chi connectivity index (χ3n) is 3.13. The predicted molar refractivity (Wildman–Crippen MR) is 69.2 cm³/mol. The van der Waals surface area contributed by atoms with E-state index in [-0.39, 0.29) is 17.9 Å². The van der Waals surface area contributed by atoms with Crippen LogP contribution < -0.4 is 5.73 Å². The van der Waals surface area contributed by atoms with Crippen molar-refractivity contribution in [2.45, 2.75) is 39.4 Å². The SMILES string of the molecule is CC(C)(C)C(N)Cc1ccc([N+](=O)[O-])c(C(F)(F)F)c1. The van der Waals surface area contributed by atoms with Gasteiger partial charge in [0.1, 0.15) is 5.56 Å². The van der Waals surface area contributed by atoms with Crippen LogP contribution in [-0.2, 0) is 12.6 Å². The zero-order chi connectivity index (χ0) is 15.7. The lowest BCUT2D eigenvalue weighted by atomic mass is 9.83. The molecule has 112 valence electrons. The maximum absolute atomic E-state index is 12.8. The van der Waals surface area contributed by atoms with Gasteiger partial charge in [-0.1, -0.05) is 26.8 Å². The molecule has 4 nitrogen and oxygen atoms in total. The number of nitrogens with two attached hydrogens (primary N) is 1. The van der Waals surface area contributed by atoms with E-state index in [2.05, 4.69) is 0 Å². The summed E-state index contributed by atoms with van der Waals surface area (Å²) in [6.07, 6.45) is -4.53. The molecule has 0 aliphatic rings. The van der Waals surface area contributed by atoms with Crippen molar-refractivity contribution < 1.29 is 18.1 Å². The highest BCUT2D eigenvalue weighted by Gasteiger charge is 2.38. The van der Waals surface area contributed by atoms with E-state index in [0.29, 0.717) is 5.56 Å². The zero-order valence-electron chi connectivity index (χ0n) is 11.5. The summed E-state index contributed by atoms with van der Waals surface area (Å²) in [7, 11) is 0. The second-order valence-corrected chi connectivity index (χ2v) is 5.78. The molecule has 1 unspecified atom stereocenters. The van der Waals surface area contributed by atoms with Gasteiger partial charge in [0, 0.05) is 12.1 Å². The van der Waals surface area contributed by atoms with E-state index in [1.165, 1.54) is 6.07 Å². The first-order chi connectivity index (χ1) is 8.93. The summed E-state index contributed by atoms with van der Waals surface area (Å²) in [5, 5.41) is 10.6. The first-order valence-corrected chi connectivity index (χ1v) is 6.03.